The minimum atomic E-state index is 0.830. The van der Waals surface area contributed by atoms with Crippen molar-refractivity contribution >= 4 is 5.69 Å². The lowest BCUT2D eigenvalue weighted by molar-refractivity contribution is 0.572. The summed E-state index contributed by atoms with van der Waals surface area (Å²) >= 11 is 0. The van der Waals surface area contributed by atoms with Crippen LogP contribution in [0.15, 0.2) is 35.2 Å². The van der Waals surface area contributed by atoms with Crippen LogP contribution in [0, 0.1) is 0 Å². The number of nitrogens with one attached hydrogen (secondary N) is 1. The van der Waals surface area contributed by atoms with Gasteiger partial charge in [0, 0.05) is 17.8 Å². The Bertz CT molecular complexity index is 448. The minimum absolute atomic E-state index is 0.830. The van der Waals surface area contributed by atoms with Gasteiger partial charge in [-0.15, -0.1) is 0 Å². The highest BCUT2D eigenvalue weighted by molar-refractivity contribution is 5.78. The second kappa shape index (κ2) is 2.87. The molecule has 0 saturated carbocycles. The minimum Gasteiger partial charge on any atom is -0.443 e. The van der Waals surface area contributed by atoms with E-state index in [2.05, 4.69) is 28.5 Å². The Labute approximate surface area is 81.8 Å². The Morgan fingerprint density at radius 2 is 2.36 bits per heavy atom. The first kappa shape index (κ1) is 7.62. The molecule has 1 aliphatic rings. The van der Waals surface area contributed by atoms with Crippen molar-refractivity contribution in [3.8, 4) is 11.3 Å². The highest BCUT2D eigenvalue weighted by atomic mass is 16.3. The zero-order chi connectivity index (χ0) is 9.38. The van der Waals surface area contributed by atoms with E-state index in [9.17, 15) is 0 Å². The SMILES string of the molecule is c1cc2c(c(-c3cnco3)c1)NCC2. The zero-order valence-electron chi connectivity index (χ0n) is 7.66. The van der Waals surface area contributed by atoms with E-state index < -0.39 is 0 Å². The molecule has 0 saturated heterocycles. The van der Waals surface area contributed by atoms with Crippen LogP contribution in [0.5, 0.6) is 0 Å². The van der Waals surface area contributed by atoms with Gasteiger partial charge in [0.05, 0.1) is 6.20 Å². The van der Waals surface area contributed by atoms with Crippen molar-refractivity contribution in [2.75, 3.05) is 11.9 Å². The molecule has 0 amide bonds. The van der Waals surface area contributed by atoms with E-state index in [4.69, 9.17) is 4.42 Å². The average Bonchev–Trinajstić information content (AvgIpc) is 2.88. The smallest absolute Gasteiger partial charge is 0.181 e. The van der Waals surface area contributed by atoms with Gasteiger partial charge in [0.25, 0.3) is 0 Å². The van der Waals surface area contributed by atoms with Gasteiger partial charge in [0.15, 0.2) is 12.2 Å². The molecule has 3 heteroatoms. The predicted octanol–water partition coefficient (Wildman–Crippen LogP) is 2.31. The number of oxazole rings is 1. The quantitative estimate of drug-likeness (QED) is 0.742. The first-order chi connectivity index (χ1) is 6.95. The van der Waals surface area contributed by atoms with Crippen LogP contribution in [-0.2, 0) is 6.42 Å². The number of anilines is 1. The van der Waals surface area contributed by atoms with Crippen LogP contribution in [0.2, 0.25) is 0 Å². The van der Waals surface area contributed by atoms with Crippen molar-refractivity contribution in [3.05, 3.63) is 36.4 Å². The Morgan fingerprint density at radius 3 is 3.21 bits per heavy atom. The van der Waals surface area contributed by atoms with Crippen molar-refractivity contribution < 1.29 is 4.42 Å². The molecule has 1 N–H and O–H groups in total. The van der Waals surface area contributed by atoms with Gasteiger partial charge in [-0.1, -0.05) is 12.1 Å². The molecule has 3 nitrogen and oxygen atoms in total. The van der Waals surface area contributed by atoms with Crippen LogP contribution < -0.4 is 5.32 Å². The summed E-state index contributed by atoms with van der Waals surface area (Å²) in [6, 6.07) is 6.26. The van der Waals surface area contributed by atoms with Crippen molar-refractivity contribution in [1.82, 2.24) is 4.98 Å². The molecule has 0 spiro atoms. The third-order valence-corrected chi connectivity index (χ3v) is 2.54. The van der Waals surface area contributed by atoms with E-state index in [1.54, 1.807) is 6.20 Å². The first-order valence-corrected chi connectivity index (χ1v) is 4.70. The summed E-state index contributed by atoms with van der Waals surface area (Å²) in [4.78, 5) is 3.93. The van der Waals surface area contributed by atoms with Crippen LogP contribution in [0.25, 0.3) is 11.3 Å². The summed E-state index contributed by atoms with van der Waals surface area (Å²) < 4.78 is 5.29. The molecule has 3 rings (SSSR count). The van der Waals surface area contributed by atoms with E-state index >= 15 is 0 Å². The number of hydrogen-bond acceptors (Lipinski definition) is 3. The Morgan fingerprint density at radius 1 is 1.36 bits per heavy atom. The number of rotatable bonds is 1. The molecule has 1 aromatic carbocycles. The van der Waals surface area contributed by atoms with Gasteiger partial charge in [-0.3, -0.25) is 0 Å². The molecule has 1 aliphatic heterocycles. The molecule has 1 aromatic heterocycles. The Hall–Kier alpha value is -1.77. The lowest BCUT2D eigenvalue weighted by atomic mass is 10.1. The maximum atomic E-state index is 5.29. The number of hydrogen-bond donors (Lipinski definition) is 1. The molecule has 70 valence electrons. The van der Waals surface area contributed by atoms with Gasteiger partial charge in [-0.2, -0.15) is 0 Å². The average molecular weight is 186 g/mol. The molecule has 2 aromatic rings. The lowest BCUT2D eigenvalue weighted by Crippen LogP contribution is -1.92. The molecular weight excluding hydrogens is 176 g/mol. The summed E-state index contributed by atoms with van der Waals surface area (Å²) in [6.07, 6.45) is 4.30. The van der Waals surface area contributed by atoms with Gasteiger partial charge in [0.1, 0.15) is 0 Å². The van der Waals surface area contributed by atoms with Crippen LogP contribution >= 0.6 is 0 Å². The van der Waals surface area contributed by atoms with E-state index in [1.165, 1.54) is 17.6 Å². The van der Waals surface area contributed by atoms with Crippen molar-refractivity contribution in [2.45, 2.75) is 6.42 Å². The summed E-state index contributed by atoms with van der Waals surface area (Å²) in [6.45, 7) is 1.01. The highest BCUT2D eigenvalue weighted by Crippen LogP contribution is 2.33. The second-order valence-corrected chi connectivity index (χ2v) is 3.38. The first-order valence-electron chi connectivity index (χ1n) is 4.70. The fourth-order valence-electron chi connectivity index (χ4n) is 1.89. The molecule has 0 aliphatic carbocycles. The topological polar surface area (TPSA) is 38.1 Å². The van der Waals surface area contributed by atoms with E-state index in [1.807, 2.05) is 0 Å². The van der Waals surface area contributed by atoms with Crippen LogP contribution in [0.1, 0.15) is 5.56 Å². The molecule has 0 atom stereocenters. The number of nitrogens with zero attached hydrogens (tertiary/aromatic N) is 1. The third kappa shape index (κ3) is 1.02. The molecule has 0 radical (unpaired) electrons. The Balaban J connectivity index is 2.20. The molecule has 2 heterocycles. The number of aromatic nitrogens is 1. The van der Waals surface area contributed by atoms with Crippen LogP contribution in [0.3, 0.4) is 0 Å². The maximum Gasteiger partial charge on any atom is 0.181 e. The summed E-state index contributed by atoms with van der Waals surface area (Å²) in [5.74, 6) is 0.830. The van der Waals surface area contributed by atoms with Crippen molar-refractivity contribution in [1.29, 1.82) is 0 Å². The standard InChI is InChI=1S/C11H10N2O/c1-2-8-4-5-13-11(8)9(3-1)10-6-12-7-14-10/h1-3,6-7,13H,4-5H2. The second-order valence-electron chi connectivity index (χ2n) is 3.38. The van der Waals surface area contributed by atoms with Crippen molar-refractivity contribution in [3.63, 3.8) is 0 Å². The monoisotopic (exact) mass is 186 g/mol. The van der Waals surface area contributed by atoms with Gasteiger partial charge in [-0.05, 0) is 18.1 Å². The largest absolute Gasteiger partial charge is 0.443 e. The fraction of sp³-hybridized carbons (Fsp3) is 0.182. The lowest BCUT2D eigenvalue weighted by Gasteiger charge is -2.04. The number of fused-ring (bicyclic) bond motifs is 1. The van der Waals surface area contributed by atoms with E-state index in [-0.39, 0.29) is 0 Å². The third-order valence-electron chi connectivity index (χ3n) is 2.54. The normalized spacial score (nSPS) is 13.7. The molecule has 14 heavy (non-hydrogen) atoms. The molecular formula is C11H10N2O. The van der Waals surface area contributed by atoms with Gasteiger partial charge in [-0.25, -0.2) is 4.98 Å². The molecule has 0 unspecified atom stereocenters. The van der Waals surface area contributed by atoms with Gasteiger partial charge < -0.3 is 9.73 Å². The van der Waals surface area contributed by atoms with E-state index in [0.29, 0.717) is 0 Å². The summed E-state index contributed by atoms with van der Waals surface area (Å²) in [7, 11) is 0. The van der Waals surface area contributed by atoms with Gasteiger partial charge >= 0.3 is 0 Å². The predicted molar refractivity (Wildman–Crippen MR) is 54.1 cm³/mol. The molecule has 0 bridgehead atoms. The Kier molecular flexibility index (Phi) is 1.56. The molecule has 0 fully saturated rings. The van der Waals surface area contributed by atoms with Crippen LogP contribution in [0.4, 0.5) is 5.69 Å². The summed E-state index contributed by atoms with van der Waals surface area (Å²) in [5.41, 5.74) is 3.67. The summed E-state index contributed by atoms with van der Waals surface area (Å²) in [5, 5.41) is 3.37. The van der Waals surface area contributed by atoms with Gasteiger partial charge in [0.2, 0.25) is 0 Å². The fourth-order valence-corrected chi connectivity index (χ4v) is 1.89. The van der Waals surface area contributed by atoms with Crippen LogP contribution in [-0.4, -0.2) is 11.5 Å². The number of para-hydroxylation sites is 1. The van der Waals surface area contributed by atoms with Crippen molar-refractivity contribution in [2.24, 2.45) is 0 Å². The zero-order valence-corrected chi connectivity index (χ0v) is 7.66. The number of benzene rings is 1. The maximum absolute atomic E-state index is 5.29. The van der Waals surface area contributed by atoms with E-state index in [0.717, 1.165) is 24.3 Å². The highest BCUT2D eigenvalue weighted by Gasteiger charge is 2.15.